The first-order chi connectivity index (χ1) is 11.9. The molecule has 0 atom stereocenters. The van der Waals surface area contributed by atoms with E-state index in [-0.39, 0.29) is 0 Å². The minimum absolute atomic E-state index is 0.939. The fourth-order valence-corrected chi connectivity index (χ4v) is 3.43. The molecule has 1 heterocycles. The maximum atomic E-state index is 3.55. The van der Waals surface area contributed by atoms with E-state index in [4.69, 9.17) is 0 Å². The van der Waals surface area contributed by atoms with Gasteiger partial charge in [-0.15, -0.1) is 0 Å². The van der Waals surface area contributed by atoms with E-state index in [1.54, 1.807) is 0 Å². The highest BCUT2D eigenvalue weighted by atomic mass is 15.0. The van der Waals surface area contributed by atoms with Crippen molar-refractivity contribution in [3.8, 4) is 0 Å². The molecule has 2 heteroatoms. The molecule has 0 amide bonds. The van der Waals surface area contributed by atoms with Crippen LogP contribution in [0.5, 0.6) is 0 Å². The van der Waals surface area contributed by atoms with E-state index in [9.17, 15) is 0 Å². The number of hydrogen-bond acceptors (Lipinski definition) is 1. The van der Waals surface area contributed by atoms with Crippen molar-refractivity contribution in [2.24, 2.45) is 0 Å². The van der Waals surface area contributed by atoms with E-state index in [0.717, 1.165) is 26.1 Å². The molecule has 1 aromatic heterocycles. The van der Waals surface area contributed by atoms with Crippen molar-refractivity contribution < 1.29 is 0 Å². The Morgan fingerprint density at radius 3 is 1.92 bits per heavy atom. The van der Waals surface area contributed by atoms with Gasteiger partial charge in [0.2, 0.25) is 0 Å². The Hall–Kier alpha value is -2.58. The molecule has 0 aliphatic carbocycles. The van der Waals surface area contributed by atoms with Crippen molar-refractivity contribution in [1.29, 1.82) is 0 Å². The van der Waals surface area contributed by atoms with Crippen molar-refractivity contribution in [2.75, 3.05) is 6.54 Å². The summed E-state index contributed by atoms with van der Waals surface area (Å²) in [5.74, 6) is 0. The van der Waals surface area contributed by atoms with Crippen molar-refractivity contribution in [3.05, 3.63) is 84.4 Å². The molecule has 3 aromatic carbocycles. The van der Waals surface area contributed by atoms with Gasteiger partial charge in [-0.05, 0) is 30.7 Å². The van der Waals surface area contributed by atoms with Crippen LogP contribution in [-0.4, -0.2) is 11.1 Å². The third-order valence-electron chi connectivity index (χ3n) is 4.59. The summed E-state index contributed by atoms with van der Waals surface area (Å²) < 4.78 is 2.45. The third kappa shape index (κ3) is 2.93. The second-order valence-electron chi connectivity index (χ2n) is 6.20. The number of fused-ring (bicyclic) bond motifs is 3. The summed E-state index contributed by atoms with van der Waals surface area (Å²) in [5.41, 5.74) is 4.01. The molecule has 0 saturated carbocycles. The number of nitrogens with one attached hydrogen (secondary N) is 1. The largest absolute Gasteiger partial charge is 0.340 e. The lowest BCUT2D eigenvalue weighted by Crippen LogP contribution is -2.16. The van der Waals surface area contributed by atoms with E-state index in [2.05, 4.69) is 88.7 Å². The van der Waals surface area contributed by atoms with Crippen LogP contribution in [0.25, 0.3) is 21.8 Å². The van der Waals surface area contributed by atoms with Crippen LogP contribution in [0.15, 0.2) is 78.9 Å². The zero-order valence-electron chi connectivity index (χ0n) is 13.8. The first-order valence-electron chi connectivity index (χ1n) is 8.64. The highest BCUT2D eigenvalue weighted by Crippen LogP contribution is 2.28. The number of para-hydroxylation sites is 2. The van der Waals surface area contributed by atoms with E-state index in [0.29, 0.717) is 0 Å². The van der Waals surface area contributed by atoms with Gasteiger partial charge in [0.15, 0.2) is 0 Å². The smallest absolute Gasteiger partial charge is 0.0491 e. The molecule has 120 valence electrons. The van der Waals surface area contributed by atoms with Crippen LogP contribution in [0.2, 0.25) is 0 Å². The zero-order valence-corrected chi connectivity index (χ0v) is 13.8. The Labute approximate surface area is 142 Å². The second-order valence-corrected chi connectivity index (χ2v) is 6.20. The first-order valence-corrected chi connectivity index (χ1v) is 8.64. The van der Waals surface area contributed by atoms with Gasteiger partial charge in [-0.25, -0.2) is 0 Å². The summed E-state index contributed by atoms with van der Waals surface area (Å²) >= 11 is 0. The Morgan fingerprint density at radius 1 is 0.667 bits per heavy atom. The Morgan fingerprint density at radius 2 is 1.25 bits per heavy atom. The van der Waals surface area contributed by atoms with Crippen molar-refractivity contribution in [2.45, 2.75) is 19.5 Å². The van der Waals surface area contributed by atoms with Gasteiger partial charge in [-0.1, -0.05) is 66.7 Å². The van der Waals surface area contributed by atoms with Crippen molar-refractivity contribution in [3.63, 3.8) is 0 Å². The summed E-state index contributed by atoms with van der Waals surface area (Å²) in [6.07, 6.45) is 1.12. The standard InChI is InChI=1S/C22H22N2/c1-2-9-18(10-3-1)17-23-15-8-16-24-21-13-6-4-11-19(21)20-12-5-7-14-22(20)24/h1-7,9-14,23H,8,15-17H2. The lowest BCUT2D eigenvalue weighted by atomic mass is 10.2. The summed E-state index contributed by atoms with van der Waals surface area (Å²) in [6.45, 7) is 3.00. The third-order valence-corrected chi connectivity index (χ3v) is 4.59. The molecule has 0 fully saturated rings. The molecule has 0 bridgehead atoms. The summed E-state index contributed by atoms with van der Waals surface area (Å²) in [7, 11) is 0. The number of hydrogen-bond donors (Lipinski definition) is 1. The molecule has 0 aliphatic rings. The summed E-state index contributed by atoms with van der Waals surface area (Å²) in [5, 5.41) is 6.25. The Bertz CT molecular complexity index is 885. The van der Waals surface area contributed by atoms with Crippen LogP contribution in [0.4, 0.5) is 0 Å². The predicted molar refractivity (Wildman–Crippen MR) is 102 cm³/mol. The van der Waals surface area contributed by atoms with Gasteiger partial charge in [-0.2, -0.15) is 0 Å². The lowest BCUT2D eigenvalue weighted by Gasteiger charge is -2.09. The zero-order chi connectivity index (χ0) is 16.2. The fourth-order valence-electron chi connectivity index (χ4n) is 3.43. The molecule has 2 nitrogen and oxygen atoms in total. The van der Waals surface area contributed by atoms with Crippen LogP contribution in [-0.2, 0) is 13.1 Å². The highest BCUT2D eigenvalue weighted by Gasteiger charge is 2.08. The number of rotatable bonds is 6. The minimum atomic E-state index is 0.939. The van der Waals surface area contributed by atoms with Gasteiger partial charge in [-0.3, -0.25) is 0 Å². The van der Waals surface area contributed by atoms with Crippen LogP contribution in [0, 0.1) is 0 Å². The quantitative estimate of drug-likeness (QED) is 0.497. The number of nitrogens with zero attached hydrogens (tertiary/aromatic N) is 1. The van der Waals surface area contributed by atoms with Crippen LogP contribution in [0.1, 0.15) is 12.0 Å². The van der Waals surface area contributed by atoms with Crippen LogP contribution in [0.3, 0.4) is 0 Å². The molecule has 4 aromatic rings. The van der Waals surface area contributed by atoms with E-state index >= 15 is 0 Å². The predicted octanol–water partition coefficient (Wildman–Crippen LogP) is 4.97. The fraction of sp³-hybridized carbons (Fsp3) is 0.182. The normalized spacial score (nSPS) is 11.3. The maximum absolute atomic E-state index is 3.55. The molecule has 24 heavy (non-hydrogen) atoms. The average molecular weight is 314 g/mol. The van der Waals surface area contributed by atoms with Crippen LogP contribution >= 0.6 is 0 Å². The number of aryl methyl sites for hydroxylation is 1. The topological polar surface area (TPSA) is 17.0 Å². The van der Waals surface area contributed by atoms with Gasteiger partial charge < -0.3 is 9.88 Å². The van der Waals surface area contributed by atoms with E-state index in [1.807, 2.05) is 0 Å². The monoisotopic (exact) mass is 314 g/mol. The Kier molecular flexibility index (Phi) is 4.30. The molecule has 0 radical (unpaired) electrons. The number of benzene rings is 3. The molecule has 0 unspecified atom stereocenters. The first kappa shape index (κ1) is 15.0. The molecular weight excluding hydrogens is 292 g/mol. The SMILES string of the molecule is c1ccc(CNCCCn2c3ccccc3c3ccccc32)cc1. The average Bonchev–Trinajstić information content (AvgIpc) is 2.97. The van der Waals surface area contributed by atoms with E-state index in [1.165, 1.54) is 27.4 Å². The lowest BCUT2D eigenvalue weighted by molar-refractivity contribution is 0.598. The second kappa shape index (κ2) is 6.90. The molecule has 0 spiro atoms. The van der Waals surface area contributed by atoms with Crippen molar-refractivity contribution in [1.82, 2.24) is 9.88 Å². The molecule has 0 saturated heterocycles. The van der Waals surface area contributed by atoms with Crippen molar-refractivity contribution >= 4 is 21.8 Å². The molecule has 1 N–H and O–H groups in total. The van der Waals surface area contributed by atoms with Gasteiger partial charge >= 0.3 is 0 Å². The maximum Gasteiger partial charge on any atom is 0.0491 e. The van der Waals surface area contributed by atoms with Gasteiger partial charge in [0.05, 0.1) is 0 Å². The molecule has 4 rings (SSSR count). The van der Waals surface area contributed by atoms with Gasteiger partial charge in [0.1, 0.15) is 0 Å². The summed E-state index contributed by atoms with van der Waals surface area (Å²) in [4.78, 5) is 0. The molecular formula is C22H22N2. The van der Waals surface area contributed by atoms with Crippen LogP contribution < -0.4 is 5.32 Å². The van der Waals surface area contributed by atoms with Gasteiger partial charge in [0, 0.05) is 34.9 Å². The highest BCUT2D eigenvalue weighted by molar-refractivity contribution is 6.07. The van der Waals surface area contributed by atoms with E-state index < -0.39 is 0 Å². The minimum Gasteiger partial charge on any atom is -0.340 e. The van der Waals surface area contributed by atoms with Gasteiger partial charge in [0.25, 0.3) is 0 Å². The Balaban J connectivity index is 1.46. The summed E-state index contributed by atoms with van der Waals surface area (Å²) in [6, 6.07) is 28.0. The number of aromatic nitrogens is 1. The molecule has 0 aliphatic heterocycles.